The van der Waals surface area contributed by atoms with Crippen molar-refractivity contribution in [1.29, 1.82) is 0 Å². The highest BCUT2D eigenvalue weighted by molar-refractivity contribution is 7.89. The summed E-state index contributed by atoms with van der Waals surface area (Å²) in [5, 5.41) is 13.3. The Labute approximate surface area is 206 Å². The van der Waals surface area contributed by atoms with E-state index in [2.05, 4.69) is 16.4 Å². The molecule has 35 heavy (non-hydrogen) atoms. The number of nitrogens with one attached hydrogen (secondary N) is 2. The highest BCUT2D eigenvalue weighted by Crippen LogP contribution is 2.37. The lowest BCUT2D eigenvalue weighted by Gasteiger charge is -2.31. The fourth-order valence-corrected chi connectivity index (χ4v) is 6.38. The zero-order valence-electron chi connectivity index (χ0n) is 20.0. The monoisotopic (exact) mass is 498 g/mol. The third-order valence-electron chi connectivity index (χ3n) is 6.68. The Morgan fingerprint density at radius 3 is 2.57 bits per heavy atom. The predicted octanol–water partition coefficient (Wildman–Crippen LogP) is 2.80. The van der Waals surface area contributed by atoms with Crippen molar-refractivity contribution in [3.8, 4) is 11.1 Å². The van der Waals surface area contributed by atoms with Gasteiger partial charge in [-0.3, -0.25) is 4.79 Å². The van der Waals surface area contributed by atoms with E-state index in [0.29, 0.717) is 51.0 Å². The van der Waals surface area contributed by atoms with Gasteiger partial charge in [-0.05, 0) is 67.5 Å². The summed E-state index contributed by atoms with van der Waals surface area (Å²) in [7, 11) is -3.32. The first-order chi connectivity index (χ1) is 16.8. The molecule has 3 aromatic rings. The summed E-state index contributed by atoms with van der Waals surface area (Å²) < 4.78 is 27.2. The molecule has 1 amide bonds. The number of hydrogen-bond acceptors (Lipinski definition) is 5. The third kappa shape index (κ3) is 5.92. The van der Waals surface area contributed by atoms with Crippen LogP contribution in [0.5, 0.6) is 0 Å². The van der Waals surface area contributed by atoms with E-state index in [-0.39, 0.29) is 11.7 Å². The fourth-order valence-electron chi connectivity index (χ4n) is 4.85. The van der Waals surface area contributed by atoms with Crippen LogP contribution >= 0.6 is 0 Å². The van der Waals surface area contributed by atoms with Gasteiger partial charge >= 0.3 is 0 Å². The van der Waals surface area contributed by atoms with E-state index in [9.17, 15) is 18.3 Å². The van der Waals surface area contributed by atoms with E-state index in [1.807, 2.05) is 42.6 Å². The fraction of sp³-hybridized carbons (Fsp3) is 0.423. The van der Waals surface area contributed by atoms with Gasteiger partial charge in [0, 0.05) is 31.2 Å². The molecule has 1 atom stereocenters. The molecule has 5 N–H and O–H groups in total. The van der Waals surface area contributed by atoms with Crippen molar-refractivity contribution < 1.29 is 18.3 Å². The van der Waals surface area contributed by atoms with Crippen molar-refractivity contribution in [2.24, 2.45) is 5.73 Å². The summed E-state index contributed by atoms with van der Waals surface area (Å²) >= 11 is 0. The van der Waals surface area contributed by atoms with E-state index < -0.39 is 22.0 Å². The number of primary amides is 1. The van der Waals surface area contributed by atoms with Gasteiger partial charge in [0.25, 0.3) is 5.91 Å². The molecule has 1 aliphatic rings. The number of amides is 1. The number of sulfonamides is 1. The van der Waals surface area contributed by atoms with Crippen molar-refractivity contribution >= 4 is 26.8 Å². The van der Waals surface area contributed by atoms with E-state index in [0.717, 1.165) is 27.6 Å². The predicted molar refractivity (Wildman–Crippen MR) is 139 cm³/mol. The number of hydrogen-bond donors (Lipinski definition) is 4. The topological polar surface area (TPSA) is 129 Å². The highest BCUT2D eigenvalue weighted by Gasteiger charge is 2.30. The van der Waals surface area contributed by atoms with Crippen molar-refractivity contribution in [2.75, 3.05) is 31.9 Å². The molecule has 1 aliphatic heterocycles. The van der Waals surface area contributed by atoms with Gasteiger partial charge in [0.15, 0.2) is 0 Å². The zero-order chi connectivity index (χ0) is 25.0. The van der Waals surface area contributed by atoms with Crippen LogP contribution in [0.4, 0.5) is 0 Å². The molecule has 9 heteroatoms. The van der Waals surface area contributed by atoms with Crippen LogP contribution in [0.15, 0.2) is 48.7 Å². The molecular formula is C26H34N4O4S. The third-order valence-corrected chi connectivity index (χ3v) is 8.63. The van der Waals surface area contributed by atoms with Gasteiger partial charge in [0.1, 0.15) is 0 Å². The molecule has 0 radical (unpaired) electrons. The first-order valence-electron chi connectivity index (χ1n) is 12.1. The van der Waals surface area contributed by atoms with Crippen LogP contribution in [0.1, 0.15) is 48.0 Å². The average molecular weight is 499 g/mol. The molecule has 1 saturated heterocycles. The number of aliphatic hydroxyl groups is 1. The normalized spacial score (nSPS) is 16.5. The lowest BCUT2D eigenvalue weighted by atomic mass is 9.88. The van der Waals surface area contributed by atoms with Crippen LogP contribution in [-0.4, -0.2) is 66.8 Å². The van der Waals surface area contributed by atoms with Gasteiger partial charge in [-0.15, -0.1) is 0 Å². The maximum atomic E-state index is 12.8. The quantitative estimate of drug-likeness (QED) is 0.320. The number of aliphatic hydroxyl groups excluding tert-OH is 1. The minimum Gasteiger partial charge on any atom is -0.392 e. The number of rotatable bonds is 10. The Bertz CT molecular complexity index is 1260. The SMILES string of the molecule is C[C@@H](O)CNCCCS(=O)(=O)N1CCC(c2c[nH]c3c(C(N)=O)cc(-c4ccccc4)cc23)CC1. The molecule has 2 heterocycles. The molecule has 0 saturated carbocycles. The Kier molecular flexibility index (Phi) is 7.91. The van der Waals surface area contributed by atoms with Crippen LogP contribution in [0, 0.1) is 0 Å². The highest BCUT2D eigenvalue weighted by atomic mass is 32.2. The number of carbonyl (C=O) groups is 1. The van der Waals surface area contributed by atoms with Gasteiger partial charge in [0.2, 0.25) is 10.0 Å². The lowest BCUT2D eigenvalue weighted by Crippen LogP contribution is -2.39. The summed E-state index contributed by atoms with van der Waals surface area (Å²) in [5.74, 6) is -0.195. The number of aromatic amines is 1. The number of aromatic nitrogens is 1. The second-order valence-corrected chi connectivity index (χ2v) is 11.4. The number of carbonyl (C=O) groups excluding carboxylic acids is 1. The van der Waals surface area contributed by atoms with Gasteiger partial charge in [-0.25, -0.2) is 12.7 Å². The summed E-state index contributed by atoms with van der Waals surface area (Å²) in [5.41, 5.74) is 9.92. The number of nitrogens with zero attached hydrogens (tertiary/aromatic N) is 1. The standard InChI is InChI=1S/C26H34N4O4S/c1-18(31)16-28-10-5-13-35(33,34)30-11-8-20(9-12-30)24-17-29-25-22(24)14-21(15-23(25)26(27)32)19-6-3-2-4-7-19/h2-4,6-7,14-15,17-18,20,28-29,31H,5,8-13,16H2,1H3,(H2,27,32)/t18-/m1/s1. The maximum Gasteiger partial charge on any atom is 0.250 e. The first-order valence-corrected chi connectivity index (χ1v) is 13.7. The molecule has 0 spiro atoms. The number of nitrogens with two attached hydrogens (primary N) is 1. The van der Waals surface area contributed by atoms with Crippen LogP contribution in [0.3, 0.4) is 0 Å². The van der Waals surface area contributed by atoms with Gasteiger partial charge in [-0.2, -0.15) is 0 Å². The molecule has 0 bridgehead atoms. The number of piperidine rings is 1. The van der Waals surface area contributed by atoms with Crippen LogP contribution in [0.2, 0.25) is 0 Å². The molecule has 0 unspecified atom stereocenters. The summed E-state index contributed by atoms with van der Waals surface area (Å²) in [6.07, 6.45) is 3.43. The summed E-state index contributed by atoms with van der Waals surface area (Å²) in [6, 6.07) is 13.8. The number of fused-ring (bicyclic) bond motifs is 1. The summed E-state index contributed by atoms with van der Waals surface area (Å²) in [4.78, 5) is 15.5. The Hall–Kier alpha value is -2.72. The largest absolute Gasteiger partial charge is 0.392 e. The van der Waals surface area contributed by atoms with E-state index in [4.69, 9.17) is 5.73 Å². The van der Waals surface area contributed by atoms with Gasteiger partial charge in [0.05, 0.1) is 22.9 Å². The second-order valence-electron chi connectivity index (χ2n) is 9.32. The van der Waals surface area contributed by atoms with Crippen LogP contribution in [-0.2, 0) is 10.0 Å². The molecule has 0 aliphatic carbocycles. The molecule has 2 aromatic carbocycles. The zero-order valence-corrected chi connectivity index (χ0v) is 20.9. The maximum absolute atomic E-state index is 12.8. The minimum atomic E-state index is -3.32. The molecule has 188 valence electrons. The van der Waals surface area contributed by atoms with Crippen LogP contribution < -0.4 is 11.1 Å². The number of benzene rings is 2. The van der Waals surface area contributed by atoms with Crippen molar-refractivity contribution in [3.05, 3.63) is 59.8 Å². The van der Waals surface area contributed by atoms with E-state index >= 15 is 0 Å². The first kappa shape index (κ1) is 25.4. The molecule has 1 aromatic heterocycles. The van der Waals surface area contributed by atoms with Gasteiger partial charge in [-0.1, -0.05) is 30.3 Å². The van der Waals surface area contributed by atoms with Crippen molar-refractivity contribution in [2.45, 2.75) is 38.2 Å². The number of H-pyrrole nitrogens is 1. The second kappa shape index (κ2) is 10.9. The smallest absolute Gasteiger partial charge is 0.250 e. The Morgan fingerprint density at radius 2 is 1.91 bits per heavy atom. The van der Waals surface area contributed by atoms with Crippen LogP contribution in [0.25, 0.3) is 22.0 Å². The average Bonchev–Trinajstić information content (AvgIpc) is 3.27. The Balaban J connectivity index is 1.48. The summed E-state index contributed by atoms with van der Waals surface area (Å²) in [6.45, 7) is 3.66. The van der Waals surface area contributed by atoms with E-state index in [1.54, 1.807) is 11.2 Å². The van der Waals surface area contributed by atoms with Crippen molar-refractivity contribution in [1.82, 2.24) is 14.6 Å². The minimum absolute atomic E-state index is 0.0972. The molecule has 1 fully saturated rings. The molecule has 8 nitrogen and oxygen atoms in total. The van der Waals surface area contributed by atoms with E-state index in [1.165, 1.54) is 0 Å². The van der Waals surface area contributed by atoms with Gasteiger partial charge < -0.3 is 21.1 Å². The van der Waals surface area contributed by atoms with Crippen molar-refractivity contribution in [3.63, 3.8) is 0 Å². The lowest BCUT2D eigenvalue weighted by molar-refractivity contribution is 0.100. The molecule has 4 rings (SSSR count). The Morgan fingerprint density at radius 1 is 1.20 bits per heavy atom. The molecular weight excluding hydrogens is 464 g/mol.